The molecule has 0 saturated carbocycles. The van der Waals surface area contributed by atoms with Gasteiger partial charge < -0.3 is 15.2 Å². The molecular formula is C18H19NO3. The van der Waals surface area contributed by atoms with E-state index in [0.717, 1.165) is 27.5 Å². The topological polar surface area (TPSA) is 61.5 Å². The van der Waals surface area contributed by atoms with Crippen LogP contribution in [0.2, 0.25) is 0 Å². The van der Waals surface area contributed by atoms with Gasteiger partial charge in [-0.15, -0.1) is 0 Å². The lowest BCUT2D eigenvalue weighted by Crippen LogP contribution is -2.38. The minimum atomic E-state index is -0.200. The second-order valence-corrected chi connectivity index (χ2v) is 5.27. The monoisotopic (exact) mass is 297 g/mol. The van der Waals surface area contributed by atoms with Crippen molar-refractivity contribution in [2.45, 2.75) is 25.9 Å². The first-order valence-electron chi connectivity index (χ1n) is 7.49. The molecule has 0 bridgehead atoms. The van der Waals surface area contributed by atoms with Crippen molar-refractivity contribution in [1.82, 2.24) is 0 Å². The van der Waals surface area contributed by atoms with Crippen molar-refractivity contribution in [2.75, 3.05) is 6.61 Å². The average Bonchev–Trinajstić information content (AvgIpc) is 2.53. The summed E-state index contributed by atoms with van der Waals surface area (Å²) < 4.78 is 11.1. The van der Waals surface area contributed by atoms with Gasteiger partial charge in [0.2, 0.25) is 0 Å². The van der Waals surface area contributed by atoms with E-state index in [-0.39, 0.29) is 12.1 Å². The lowest BCUT2D eigenvalue weighted by atomic mass is 9.96. The molecule has 1 aromatic carbocycles. The van der Waals surface area contributed by atoms with Crippen LogP contribution in [0.3, 0.4) is 0 Å². The van der Waals surface area contributed by atoms with Crippen LogP contribution in [0.25, 0.3) is 11.3 Å². The number of carbonyl (C=O) groups excluding carboxylic acids is 1. The quantitative estimate of drug-likeness (QED) is 0.846. The van der Waals surface area contributed by atoms with Gasteiger partial charge >= 0.3 is 5.97 Å². The maximum atomic E-state index is 11.6. The van der Waals surface area contributed by atoms with Gasteiger partial charge in [0, 0.05) is 22.9 Å². The number of hydrogen-bond donors (Lipinski definition) is 1. The normalized spacial score (nSPS) is 19.0. The molecule has 0 radical (unpaired) electrons. The van der Waals surface area contributed by atoms with E-state index in [9.17, 15) is 4.79 Å². The zero-order chi connectivity index (χ0) is 15.5. The summed E-state index contributed by atoms with van der Waals surface area (Å²) in [6.45, 7) is 2.21. The molecule has 1 aliphatic carbocycles. The first kappa shape index (κ1) is 14.4. The third-order valence-electron chi connectivity index (χ3n) is 3.76. The third-order valence-corrected chi connectivity index (χ3v) is 3.76. The van der Waals surface area contributed by atoms with Crippen molar-refractivity contribution in [3.05, 3.63) is 58.6 Å². The molecule has 1 aromatic rings. The fourth-order valence-electron chi connectivity index (χ4n) is 2.78. The predicted octanol–water partition coefficient (Wildman–Crippen LogP) is 1.10. The van der Waals surface area contributed by atoms with Crippen LogP contribution < -0.4 is 16.2 Å². The average molecular weight is 297 g/mol. The number of rotatable bonds is 4. The minimum Gasteiger partial charge on any atom is -0.485 e. The van der Waals surface area contributed by atoms with Crippen molar-refractivity contribution in [3.63, 3.8) is 0 Å². The largest absolute Gasteiger partial charge is 0.485 e. The highest BCUT2D eigenvalue weighted by Crippen LogP contribution is 2.23. The molecule has 4 nitrogen and oxygen atoms in total. The minimum absolute atomic E-state index is 0.139. The van der Waals surface area contributed by atoms with Crippen LogP contribution in [0, 0.1) is 0 Å². The number of ether oxygens (including phenoxy) is 2. The number of fused-ring (bicyclic) bond motifs is 2. The molecule has 4 heteroatoms. The molecule has 0 saturated heterocycles. The number of hydrogen-bond acceptors (Lipinski definition) is 4. The number of benzene rings is 1. The summed E-state index contributed by atoms with van der Waals surface area (Å²) in [5.74, 6) is 0.630. The fourth-order valence-corrected chi connectivity index (χ4v) is 2.78. The molecule has 1 atom stereocenters. The molecule has 3 rings (SSSR count). The highest BCUT2D eigenvalue weighted by molar-refractivity contribution is 5.73. The highest BCUT2D eigenvalue weighted by Gasteiger charge is 2.22. The Bertz CT molecular complexity index is 774. The standard InChI is InChI=1S/C18H19NO3/c1-2-21-18(20)10-9-16-14-6-4-3-5-13(14)15-11-12(19)7-8-17(15)22-16/h3-8,11,17H,2,9-10,19H2,1H3. The van der Waals surface area contributed by atoms with Crippen molar-refractivity contribution < 1.29 is 14.3 Å². The Balaban J connectivity index is 2.02. The maximum absolute atomic E-state index is 11.6. The smallest absolute Gasteiger partial charge is 0.306 e. The van der Waals surface area contributed by atoms with Gasteiger partial charge in [-0.05, 0) is 30.4 Å². The molecule has 114 valence electrons. The predicted molar refractivity (Wildman–Crippen MR) is 84.7 cm³/mol. The molecule has 2 N–H and O–H groups in total. The molecule has 1 unspecified atom stereocenters. The Morgan fingerprint density at radius 3 is 2.86 bits per heavy atom. The molecule has 1 aliphatic heterocycles. The van der Waals surface area contributed by atoms with E-state index in [1.165, 1.54) is 0 Å². The zero-order valence-corrected chi connectivity index (χ0v) is 12.5. The van der Waals surface area contributed by atoms with E-state index < -0.39 is 0 Å². The van der Waals surface area contributed by atoms with Gasteiger partial charge in [0.05, 0.1) is 13.0 Å². The molecule has 0 aromatic heterocycles. The van der Waals surface area contributed by atoms with Gasteiger partial charge in [-0.2, -0.15) is 0 Å². The Hall–Kier alpha value is -2.49. The summed E-state index contributed by atoms with van der Waals surface area (Å²) in [5, 5.41) is 2.14. The van der Waals surface area contributed by atoms with Crippen LogP contribution in [-0.2, 0) is 14.3 Å². The fraction of sp³-hybridized carbons (Fsp3) is 0.278. The zero-order valence-electron chi connectivity index (χ0n) is 12.5. The van der Waals surface area contributed by atoms with E-state index in [4.69, 9.17) is 15.2 Å². The van der Waals surface area contributed by atoms with Crippen molar-refractivity contribution in [1.29, 1.82) is 0 Å². The second kappa shape index (κ2) is 6.10. The van der Waals surface area contributed by atoms with Gasteiger partial charge in [0.15, 0.2) is 0 Å². The third kappa shape index (κ3) is 2.77. The van der Waals surface area contributed by atoms with Crippen LogP contribution in [0.1, 0.15) is 19.8 Å². The summed E-state index contributed by atoms with van der Waals surface area (Å²) in [7, 11) is 0. The molecule has 2 aliphatic rings. The number of carbonyl (C=O) groups is 1. The Morgan fingerprint density at radius 1 is 1.32 bits per heavy atom. The SMILES string of the molecule is CCOC(=O)CCC1=c2ccccc2=C2C=C(N)C=CC2O1. The maximum Gasteiger partial charge on any atom is 0.306 e. The van der Waals surface area contributed by atoms with Crippen LogP contribution in [0.15, 0.2) is 48.2 Å². The van der Waals surface area contributed by atoms with E-state index in [0.29, 0.717) is 19.4 Å². The highest BCUT2D eigenvalue weighted by atomic mass is 16.5. The molecule has 22 heavy (non-hydrogen) atoms. The molecule has 1 heterocycles. The lowest BCUT2D eigenvalue weighted by Gasteiger charge is -2.26. The van der Waals surface area contributed by atoms with E-state index in [1.807, 2.05) is 43.4 Å². The van der Waals surface area contributed by atoms with Crippen LogP contribution in [-0.4, -0.2) is 18.7 Å². The van der Waals surface area contributed by atoms with Gasteiger partial charge in [-0.3, -0.25) is 4.79 Å². The Morgan fingerprint density at radius 2 is 2.09 bits per heavy atom. The second-order valence-electron chi connectivity index (χ2n) is 5.27. The van der Waals surface area contributed by atoms with Gasteiger partial charge in [0.1, 0.15) is 11.9 Å². The number of allylic oxidation sites excluding steroid dienone is 1. The van der Waals surface area contributed by atoms with Crippen molar-refractivity contribution in [3.8, 4) is 0 Å². The first-order valence-corrected chi connectivity index (χ1v) is 7.49. The van der Waals surface area contributed by atoms with Crippen LogP contribution >= 0.6 is 0 Å². The molecule has 0 spiro atoms. The van der Waals surface area contributed by atoms with Crippen molar-refractivity contribution >= 4 is 17.3 Å². The Labute approximate surface area is 129 Å². The Kier molecular flexibility index (Phi) is 4.00. The summed E-state index contributed by atoms with van der Waals surface area (Å²) in [6, 6.07) is 8.05. The number of esters is 1. The molecule has 0 amide bonds. The summed E-state index contributed by atoms with van der Waals surface area (Å²) in [4.78, 5) is 11.6. The van der Waals surface area contributed by atoms with E-state index in [1.54, 1.807) is 0 Å². The first-order chi connectivity index (χ1) is 10.7. The van der Waals surface area contributed by atoms with Crippen LogP contribution in [0.5, 0.6) is 0 Å². The molecule has 0 fully saturated rings. The van der Waals surface area contributed by atoms with Gasteiger partial charge in [0.25, 0.3) is 0 Å². The summed E-state index contributed by atoms with van der Waals surface area (Å²) in [5.41, 5.74) is 7.68. The lowest BCUT2D eigenvalue weighted by molar-refractivity contribution is -0.143. The van der Waals surface area contributed by atoms with E-state index >= 15 is 0 Å². The summed E-state index contributed by atoms with van der Waals surface area (Å²) >= 11 is 0. The van der Waals surface area contributed by atoms with Gasteiger partial charge in [-0.1, -0.05) is 24.3 Å². The van der Waals surface area contributed by atoms with Gasteiger partial charge in [-0.25, -0.2) is 0 Å². The van der Waals surface area contributed by atoms with Crippen LogP contribution in [0.4, 0.5) is 0 Å². The van der Waals surface area contributed by atoms with Crippen molar-refractivity contribution in [2.24, 2.45) is 5.73 Å². The molecular weight excluding hydrogens is 278 g/mol. The summed E-state index contributed by atoms with van der Waals surface area (Å²) in [6.07, 6.45) is 6.47. The number of nitrogens with two attached hydrogens (primary N) is 1. The van der Waals surface area contributed by atoms with E-state index in [2.05, 4.69) is 6.07 Å².